The lowest BCUT2D eigenvalue weighted by atomic mass is 10.1. The Labute approximate surface area is 178 Å². The normalized spacial score (nSPS) is 16.8. The van der Waals surface area contributed by atoms with Gasteiger partial charge in [0.2, 0.25) is 0 Å². The lowest BCUT2D eigenvalue weighted by molar-refractivity contribution is 0.0552. The highest BCUT2D eigenvalue weighted by Gasteiger charge is 2.21. The number of amides is 1. The van der Waals surface area contributed by atoms with Crippen LogP contribution in [0.25, 0.3) is 10.9 Å². The Balaban J connectivity index is 1.67. The Bertz CT molecular complexity index is 1080. The number of rotatable bonds is 6. The van der Waals surface area contributed by atoms with E-state index in [1.165, 1.54) is 18.2 Å². The van der Waals surface area contributed by atoms with Gasteiger partial charge in [-0.05, 0) is 44.9 Å². The van der Waals surface area contributed by atoms with Crippen molar-refractivity contribution in [1.82, 2.24) is 14.8 Å². The van der Waals surface area contributed by atoms with Crippen LogP contribution in [0.5, 0.6) is 5.75 Å². The van der Waals surface area contributed by atoms with Gasteiger partial charge < -0.3 is 14.8 Å². The Morgan fingerprint density at radius 3 is 2.87 bits per heavy atom. The number of nitrogens with one attached hydrogen (secondary N) is 1. The maximum Gasteiger partial charge on any atom is 0.280 e. The highest BCUT2D eigenvalue weighted by atomic mass is 19.3. The summed E-state index contributed by atoms with van der Waals surface area (Å²) in [6.07, 6.45) is 0.949. The molecule has 1 aromatic carbocycles. The number of aromatic nitrogens is 3. The number of hydrogen-bond donors (Lipinski definition) is 1. The third kappa shape index (κ3) is 4.82. The van der Waals surface area contributed by atoms with E-state index in [0.717, 1.165) is 24.8 Å². The van der Waals surface area contributed by atoms with Crippen molar-refractivity contribution in [3.8, 4) is 5.75 Å². The molecular weight excluding hydrogens is 406 g/mol. The van der Waals surface area contributed by atoms with Crippen LogP contribution in [0.3, 0.4) is 0 Å². The summed E-state index contributed by atoms with van der Waals surface area (Å²) in [5, 5.41) is 8.02. The molecule has 0 spiro atoms. The summed E-state index contributed by atoms with van der Waals surface area (Å²) in [7, 11) is 0. The molecule has 4 rings (SSSR count). The minimum Gasteiger partial charge on any atom is -0.490 e. The van der Waals surface area contributed by atoms with Gasteiger partial charge in [0, 0.05) is 24.3 Å². The molecule has 3 heterocycles. The molecule has 0 saturated carbocycles. The van der Waals surface area contributed by atoms with E-state index in [1.807, 2.05) is 24.7 Å². The van der Waals surface area contributed by atoms with Gasteiger partial charge in [-0.1, -0.05) is 6.07 Å². The average molecular weight is 430 g/mol. The molecular formula is C22H24F2N4O3. The molecule has 2 aromatic heterocycles. The first-order valence-corrected chi connectivity index (χ1v) is 10.2. The summed E-state index contributed by atoms with van der Waals surface area (Å²) in [5.41, 5.74) is 0.586. The molecule has 1 aliphatic heterocycles. The van der Waals surface area contributed by atoms with Gasteiger partial charge in [0.05, 0.1) is 29.8 Å². The number of anilines is 1. The molecule has 31 heavy (non-hydrogen) atoms. The SMILES string of the molecule is CC(C)Oc1cc2nn([C@@H]3CCCOC3)cc2cc1C(=O)Nc1cccc(C(F)F)n1. The second-order valence-corrected chi connectivity index (χ2v) is 7.76. The van der Waals surface area contributed by atoms with Crippen LogP contribution in [0, 0.1) is 0 Å². The summed E-state index contributed by atoms with van der Waals surface area (Å²) in [6, 6.07) is 7.68. The molecule has 1 aliphatic rings. The zero-order valence-corrected chi connectivity index (χ0v) is 17.3. The van der Waals surface area contributed by atoms with Crippen molar-refractivity contribution in [3.63, 3.8) is 0 Å². The molecule has 1 amide bonds. The molecule has 9 heteroatoms. The maximum absolute atomic E-state index is 13.0. The lowest BCUT2D eigenvalue weighted by Gasteiger charge is -2.22. The first-order chi connectivity index (χ1) is 14.9. The second kappa shape index (κ2) is 8.97. The fourth-order valence-electron chi connectivity index (χ4n) is 3.55. The van der Waals surface area contributed by atoms with Gasteiger partial charge in [-0.2, -0.15) is 5.10 Å². The molecule has 7 nitrogen and oxygen atoms in total. The predicted octanol–water partition coefficient (Wildman–Crippen LogP) is 4.76. The van der Waals surface area contributed by atoms with E-state index in [-0.39, 0.29) is 23.5 Å². The number of pyridine rings is 1. The van der Waals surface area contributed by atoms with Gasteiger partial charge in [0.25, 0.3) is 12.3 Å². The zero-order valence-electron chi connectivity index (χ0n) is 17.3. The topological polar surface area (TPSA) is 78.3 Å². The Morgan fingerprint density at radius 1 is 1.32 bits per heavy atom. The molecule has 3 aromatic rings. The van der Waals surface area contributed by atoms with Crippen LogP contribution < -0.4 is 10.1 Å². The number of ether oxygens (including phenoxy) is 2. The van der Waals surface area contributed by atoms with Crippen molar-refractivity contribution < 1.29 is 23.0 Å². The molecule has 1 atom stereocenters. The second-order valence-electron chi connectivity index (χ2n) is 7.76. The van der Waals surface area contributed by atoms with Crippen LogP contribution in [-0.4, -0.2) is 40.0 Å². The number of alkyl halides is 2. The van der Waals surface area contributed by atoms with E-state index in [4.69, 9.17) is 9.47 Å². The lowest BCUT2D eigenvalue weighted by Crippen LogP contribution is -2.21. The van der Waals surface area contributed by atoms with Gasteiger partial charge in [0.1, 0.15) is 17.3 Å². The van der Waals surface area contributed by atoms with Crippen molar-refractivity contribution in [2.24, 2.45) is 0 Å². The Hall–Kier alpha value is -3.07. The first-order valence-electron chi connectivity index (χ1n) is 10.2. The molecule has 1 saturated heterocycles. The molecule has 0 unspecified atom stereocenters. The Morgan fingerprint density at radius 2 is 2.16 bits per heavy atom. The van der Waals surface area contributed by atoms with E-state index < -0.39 is 18.0 Å². The fourth-order valence-corrected chi connectivity index (χ4v) is 3.55. The van der Waals surface area contributed by atoms with E-state index in [9.17, 15) is 13.6 Å². The average Bonchev–Trinajstić information content (AvgIpc) is 3.16. The number of halogens is 2. The largest absolute Gasteiger partial charge is 0.490 e. The van der Waals surface area contributed by atoms with Crippen molar-refractivity contribution in [2.45, 2.75) is 45.3 Å². The van der Waals surface area contributed by atoms with Gasteiger partial charge in [-0.15, -0.1) is 0 Å². The third-order valence-corrected chi connectivity index (χ3v) is 4.98. The molecule has 0 bridgehead atoms. The standard InChI is InChI=1S/C22H24F2N4O3/c1-13(2)31-19-10-18-14(11-28(27-18)15-5-4-8-30-12-15)9-16(19)22(29)26-20-7-3-6-17(25-20)21(23)24/h3,6-7,9-11,13,15,21H,4-5,8,12H2,1-2H3,(H,25,26,29)/t15-/m1/s1. The molecule has 0 radical (unpaired) electrons. The van der Waals surface area contributed by atoms with Gasteiger partial charge >= 0.3 is 0 Å². The smallest absolute Gasteiger partial charge is 0.280 e. The van der Waals surface area contributed by atoms with E-state index in [0.29, 0.717) is 17.9 Å². The van der Waals surface area contributed by atoms with Crippen LogP contribution in [0.1, 0.15) is 55.2 Å². The van der Waals surface area contributed by atoms with E-state index in [2.05, 4.69) is 15.4 Å². The summed E-state index contributed by atoms with van der Waals surface area (Å²) in [4.78, 5) is 16.8. The minimum absolute atomic E-state index is 0.0495. The highest BCUT2D eigenvalue weighted by molar-refractivity contribution is 6.08. The van der Waals surface area contributed by atoms with Crippen LogP contribution in [0.15, 0.2) is 36.5 Å². The van der Waals surface area contributed by atoms with E-state index >= 15 is 0 Å². The number of nitrogens with zero attached hydrogens (tertiary/aromatic N) is 3. The summed E-state index contributed by atoms with van der Waals surface area (Å²) in [6.45, 7) is 5.08. The third-order valence-electron chi connectivity index (χ3n) is 4.98. The van der Waals surface area contributed by atoms with Crippen molar-refractivity contribution in [2.75, 3.05) is 18.5 Å². The molecule has 1 fully saturated rings. The Kier molecular flexibility index (Phi) is 6.13. The zero-order chi connectivity index (χ0) is 22.0. The minimum atomic E-state index is -2.72. The quantitative estimate of drug-likeness (QED) is 0.610. The number of benzene rings is 1. The molecule has 0 aliphatic carbocycles. The predicted molar refractivity (Wildman–Crippen MR) is 112 cm³/mol. The van der Waals surface area contributed by atoms with Crippen LogP contribution in [-0.2, 0) is 4.74 Å². The van der Waals surface area contributed by atoms with Crippen LogP contribution in [0.4, 0.5) is 14.6 Å². The monoisotopic (exact) mass is 430 g/mol. The summed E-state index contributed by atoms with van der Waals surface area (Å²) >= 11 is 0. The first kappa shape index (κ1) is 21.2. The van der Waals surface area contributed by atoms with Gasteiger partial charge in [0.15, 0.2) is 0 Å². The van der Waals surface area contributed by atoms with E-state index in [1.54, 1.807) is 12.1 Å². The van der Waals surface area contributed by atoms with Crippen molar-refractivity contribution in [1.29, 1.82) is 0 Å². The van der Waals surface area contributed by atoms with Gasteiger partial charge in [-0.3, -0.25) is 9.48 Å². The molecule has 1 N–H and O–H groups in total. The fraction of sp³-hybridized carbons (Fsp3) is 0.409. The van der Waals surface area contributed by atoms with Crippen LogP contribution in [0.2, 0.25) is 0 Å². The van der Waals surface area contributed by atoms with Crippen molar-refractivity contribution in [3.05, 3.63) is 47.8 Å². The van der Waals surface area contributed by atoms with Crippen molar-refractivity contribution >= 4 is 22.6 Å². The summed E-state index contributed by atoms with van der Waals surface area (Å²) < 4.78 is 39.1. The number of fused-ring (bicyclic) bond motifs is 1. The maximum atomic E-state index is 13.0. The highest BCUT2D eigenvalue weighted by Crippen LogP contribution is 2.29. The molecule has 164 valence electrons. The number of carbonyl (C=O) groups is 1. The van der Waals surface area contributed by atoms with Gasteiger partial charge in [-0.25, -0.2) is 13.8 Å². The number of hydrogen-bond acceptors (Lipinski definition) is 5. The summed E-state index contributed by atoms with van der Waals surface area (Å²) in [5.74, 6) is -0.0752. The van der Waals surface area contributed by atoms with Crippen LogP contribution >= 0.6 is 0 Å². The number of carbonyl (C=O) groups excluding carboxylic acids is 1.